The Hall–Kier alpha value is -4.43. The number of aryl methyl sites for hydroxylation is 2. The van der Waals surface area contributed by atoms with Crippen molar-refractivity contribution in [3.8, 4) is 11.5 Å². The number of amides is 1. The van der Waals surface area contributed by atoms with E-state index in [9.17, 15) is 14.7 Å². The molecule has 4 aromatic rings. The van der Waals surface area contributed by atoms with E-state index in [1.165, 1.54) is 16.2 Å². The van der Waals surface area contributed by atoms with Gasteiger partial charge in [-0.05, 0) is 56.2 Å². The maximum Gasteiger partial charge on any atom is 0.301 e. The molecule has 0 spiro atoms. The van der Waals surface area contributed by atoms with E-state index in [1.807, 2.05) is 51.1 Å². The summed E-state index contributed by atoms with van der Waals surface area (Å²) in [6.07, 6.45) is 1.63. The van der Waals surface area contributed by atoms with Crippen molar-refractivity contribution in [1.82, 2.24) is 4.98 Å². The van der Waals surface area contributed by atoms with Crippen LogP contribution in [0.15, 0.2) is 78.9 Å². The maximum atomic E-state index is 13.6. The van der Waals surface area contributed by atoms with Gasteiger partial charge in [-0.2, -0.15) is 0 Å². The fourth-order valence-electron chi connectivity index (χ4n) is 4.57. The van der Waals surface area contributed by atoms with E-state index in [0.717, 1.165) is 21.3 Å². The molecule has 0 radical (unpaired) electrons. The third-order valence-electron chi connectivity index (χ3n) is 6.45. The number of hydrogen-bond acceptors (Lipinski definition) is 7. The van der Waals surface area contributed by atoms with Gasteiger partial charge in [0, 0.05) is 5.56 Å². The highest BCUT2D eigenvalue weighted by atomic mass is 32.1. The molecule has 1 N–H and O–H groups in total. The maximum absolute atomic E-state index is 13.6. The molecule has 3 aromatic carbocycles. The van der Waals surface area contributed by atoms with E-state index >= 15 is 0 Å². The Balaban J connectivity index is 1.72. The van der Waals surface area contributed by atoms with Gasteiger partial charge in [-0.3, -0.25) is 14.5 Å². The number of aliphatic hydroxyl groups is 1. The lowest BCUT2D eigenvalue weighted by atomic mass is 9.95. The van der Waals surface area contributed by atoms with Crippen LogP contribution in [-0.2, 0) is 9.59 Å². The summed E-state index contributed by atoms with van der Waals surface area (Å²) >= 11 is 1.32. The largest absolute Gasteiger partial charge is 0.507 e. The molecule has 39 heavy (non-hydrogen) atoms. The minimum Gasteiger partial charge on any atom is -0.507 e. The van der Waals surface area contributed by atoms with Gasteiger partial charge in [0.25, 0.3) is 5.78 Å². The van der Waals surface area contributed by atoms with Gasteiger partial charge in [0.15, 0.2) is 16.6 Å². The van der Waals surface area contributed by atoms with E-state index < -0.39 is 17.7 Å². The lowest BCUT2D eigenvalue weighted by Crippen LogP contribution is -2.29. The molecule has 0 saturated carbocycles. The molecule has 1 unspecified atom stereocenters. The molecule has 1 saturated heterocycles. The molecule has 1 amide bonds. The van der Waals surface area contributed by atoms with Gasteiger partial charge in [0.2, 0.25) is 0 Å². The van der Waals surface area contributed by atoms with Crippen molar-refractivity contribution >= 4 is 44.1 Å². The molecule has 2 heterocycles. The minimum atomic E-state index is -0.930. The first kappa shape index (κ1) is 26.2. The van der Waals surface area contributed by atoms with Crippen molar-refractivity contribution in [2.75, 3.05) is 18.1 Å². The average Bonchev–Trinajstić information content (AvgIpc) is 3.45. The molecular weight excluding hydrogens is 512 g/mol. The van der Waals surface area contributed by atoms with E-state index in [0.29, 0.717) is 34.4 Å². The SMILES string of the molecule is C=CCOc1ccc(C2C(=C(O)c3ccc(C)cc3)C(=O)C(=O)N2c2nc3ccc(C)cc3s2)cc1OCC. The Morgan fingerprint density at radius 2 is 1.77 bits per heavy atom. The van der Waals surface area contributed by atoms with E-state index in [2.05, 4.69) is 6.58 Å². The zero-order valence-corrected chi connectivity index (χ0v) is 22.7. The van der Waals surface area contributed by atoms with Crippen LogP contribution < -0.4 is 14.4 Å². The summed E-state index contributed by atoms with van der Waals surface area (Å²) in [7, 11) is 0. The normalized spacial score (nSPS) is 16.6. The molecular formula is C31H28N2O5S. The monoisotopic (exact) mass is 540 g/mol. The predicted octanol–water partition coefficient (Wildman–Crippen LogP) is 6.50. The van der Waals surface area contributed by atoms with Crippen LogP contribution in [0.5, 0.6) is 11.5 Å². The highest BCUT2D eigenvalue weighted by Crippen LogP contribution is 2.46. The summed E-state index contributed by atoms with van der Waals surface area (Å²) in [6.45, 7) is 10.1. The third kappa shape index (κ3) is 4.91. The van der Waals surface area contributed by atoms with Gasteiger partial charge in [-0.15, -0.1) is 0 Å². The second-order valence-electron chi connectivity index (χ2n) is 9.24. The number of carbonyl (C=O) groups is 2. The van der Waals surface area contributed by atoms with Crippen LogP contribution in [0.4, 0.5) is 5.13 Å². The molecule has 1 fully saturated rings. The standard InChI is InChI=1S/C31H28N2O5S/c1-5-15-38-23-14-12-21(17-24(23)37-6-2)27-26(28(34)20-10-7-18(3)8-11-20)29(35)30(36)33(27)31-32-22-13-9-19(4)16-25(22)39-31/h5,7-14,16-17,27,34H,1,6,15H2,2-4H3. The quantitative estimate of drug-likeness (QED) is 0.119. The Morgan fingerprint density at radius 1 is 1.03 bits per heavy atom. The Bertz CT molecular complexity index is 1620. The molecule has 5 rings (SSSR count). The fourth-order valence-corrected chi connectivity index (χ4v) is 5.66. The van der Waals surface area contributed by atoms with E-state index in [1.54, 1.807) is 36.4 Å². The number of nitrogens with zero attached hydrogens (tertiary/aromatic N) is 2. The predicted molar refractivity (Wildman–Crippen MR) is 154 cm³/mol. The van der Waals surface area contributed by atoms with Crippen molar-refractivity contribution in [3.05, 3.63) is 101 Å². The summed E-state index contributed by atoms with van der Waals surface area (Å²) in [6, 6.07) is 17.3. The fraction of sp³-hybridized carbons (Fsp3) is 0.194. The van der Waals surface area contributed by atoms with Gasteiger partial charge < -0.3 is 14.6 Å². The molecule has 0 bridgehead atoms. The van der Waals surface area contributed by atoms with Crippen LogP contribution in [0, 0.1) is 13.8 Å². The lowest BCUT2D eigenvalue weighted by Gasteiger charge is -2.24. The van der Waals surface area contributed by atoms with Gasteiger partial charge in [-0.25, -0.2) is 4.98 Å². The number of ketones is 1. The van der Waals surface area contributed by atoms with Crippen molar-refractivity contribution in [2.24, 2.45) is 0 Å². The number of benzene rings is 3. The van der Waals surface area contributed by atoms with Gasteiger partial charge in [-0.1, -0.05) is 66.0 Å². The highest BCUT2D eigenvalue weighted by Gasteiger charge is 2.48. The van der Waals surface area contributed by atoms with Crippen molar-refractivity contribution in [1.29, 1.82) is 0 Å². The van der Waals surface area contributed by atoms with Crippen molar-refractivity contribution in [3.63, 3.8) is 0 Å². The van der Waals surface area contributed by atoms with Crippen LogP contribution in [0.25, 0.3) is 16.0 Å². The highest BCUT2D eigenvalue weighted by molar-refractivity contribution is 7.22. The first-order valence-corrected chi connectivity index (χ1v) is 13.4. The number of aromatic nitrogens is 1. The molecule has 1 aliphatic heterocycles. The number of rotatable bonds is 8. The summed E-state index contributed by atoms with van der Waals surface area (Å²) < 4.78 is 12.5. The summed E-state index contributed by atoms with van der Waals surface area (Å²) in [4.78, 5) is 33.2. The number of thiazole rings is 1. The average molecular weight is 541 g/mol. The Kier molecular flexibility index (Phi) is 7.21. The third-order valence-corrected chi connectivity index (χ3v) is 7.47. The Labute approximate surface area is 230 Å². The number of carbonyl (C=O) groups excluding carboxylic acids is 2. The molecule has 7 nitrogen and oxygen atoms in total. The van der Waals surface area contributed by atoms with Crippen LogP contribution >= 0.6 is 11.3 Å². The molecule has 198 valence electrons. The van der Waals surface area contributed by atoms with Crippen LogP contribution in [0.1, 0.15) is 35.2 Å². The molecule has 1 aliphatic rings. The number of ether oxygens (including phenoxy) is 2. The van der Waals surface area contributed by atoms with Gasteiger partial charge in [0.05, 0.1) is 28.4 Å². The van der Waals surface area contributed by atoms with Crippen LogP contribution in [-0.4, -0.2) is 35.0 Å². The van der Waals surface area contributed by atoms with Crippen LogP contribution in [0.3, 0.4) is 0 Å². The number of aliphatic hydroxyl groups excluding tert-OH is 1. The Morgan fingerprint density at radius 3 is 2.49 bits per heavy atom. The van der Waals surface area contributed by atoms with E-state index in [4.69, 9.17) is 14.5 Å². The van der Waals surface area contributed by atoms with Crippen LogP contribution in [0.2, 0.25) is 0 Å². The first-order chi connectivity index (χ1) is 18.8. The summed E-state index contributed by atoms with van der Waals surface area (Å²) in [5, 5.41) is 11.8. The van der Waals surface area contributed by atoms with Gasteiger partial charge in [0.1, 0.15) is 12.4 Å². The number of anilines is 1. The zero-order valence-electron chi connectivity index (χ0n) is 21.9. The summed E-state index contributed by atoms with van der Waals surface area (Å²) in [5.74, 6) is -0.820. The van der Waals surface area contributed by atoms with Crippen molar-refractivity contribution in [2.45, 2.75) is 26.8 Å². The second-order valence-corrected chi connectivity index (χ2v) is 10.3. The molecule has 1 atom stereocenters. The first-order valence-electron chi connectivity index (χ1n) is 12.6. The smallest absolute Gasteiger partial charge is 0.301 e. The molecule has 1 aromatic heterocycles. The molecule has 0 aliphatic carbocycles. The van der Waals surface area contributed by atoms with E-state index in [-0.39, 0.29) is 17.9 Å². The van der Waals surface area contributed by atoms with Crippen molar-refractivity contribution < 1.29 is 24.2 Å². The number of fused-ring (bicyclic) bond motifs is 1. The van der Waals surface area contributed by atoms with Gasteiger partial charge >= 0.3 is 5.91 Å². The molecule has 8 heteroatoms. The second kappa shape index (κ2) is 10.7. The summed E-state index contributed by atoms with van der Waals surface area (Å²) in [5.41, 5.74) is 3.80. The number of Topliss-reactive ketones (excluding diaryl/α,β-unsaturated/α-hetero) is 1. The zero-order chi connectivity index (χ0) is 27.7. The topological polar surface area (TPSA) is 89.0 Å². The minimum absolute atomic E-state index is 0.0125. The number of hydrogen-bond donors (Lipinski definition) is 1. The lowest BCUT2D eigenvalue weighted by molar-refractivity contribution is -0.132.